The fourth-order valence-corrected chi connectivity index (χ4v) is 1.89. The fraction of sp³-hybridized carbons (Fsp3) is 0.231. The number of halogens is 1. The molecule has 1 aromatic carbocycles. The summed E-state index contributed by atoms with van der Waals surface area (Å²) in [4.78, 5) is 7.96. The van der Waals surface area contributed by atoms with Gasteiger partial charge in [0.2, 0.25) is 11.8 Å². The zero-order valence-corrected chi connectivity index (χ0v) is 12.1. The number of nitrogens with two attached hydrogens (primary N) is 1. The Hall–Kier alpha value is -1.62. The van der Waals surface area contributed by atoms with Crippen molar-refractivity contribution in [3.05, 3.63) is 39.5 Å². The van der Waals surface area contributed by atoms with Gasteiger partial charge in [0.05, 0.1) is 10.7 Å². The highest BCUT2D eigenvalue weighted by atomic mass is 79.9. The molecule has 0 aliphatic rings. The third-order valence-electron chi connectivity index (χ3n) is 2.80. The van der Waals surface area contributed by atoms with Gasteiger partial charge in [-0.3, -0.25) is 0 Å². The maximum absolute atomic E-state index is 5.85. The maximum atomic E-state index is 5.85. The van der Waals surface area contributed by atoms with Gasteiger partial charge in [0, 0.05) is 0 Å². The number of benzene rings is 1. The highest BCUT2D eigenvalue weighted by molar-refractivity contribution is 9.10. The Labute approximate surface area is 114 Å². The predicted molar refractivity (Wildman–Crippen MR) is 74.9 cm³/mol. The number of aryl methyl sites for hydroxylation is 2. The lowest BCUT2D eigenvalue weighted by Gasteiger charge is -2.13. The van der Waals surface area contributed by atoms with Gasteiger partial charge in [0.1, 0.15) is 5.75 Å². The molecule has 2 rings (SSSR count). The molecule has 2 N–H and O–H groups in total. The summed E-state index contributed by atoms with van der Waals surface area (Å²) in [6, 6.07) is 4.09. The van der Waals surface area contributed by atoms with Gasteiger partial charge in [0.25, 0.3) is 0 Å². The minimum Gasteiger partial charge on any atom is -0.437 e. The van der Waals surface area contributed by atoms with Crippen LogP contribution in [0.5, 0.6) is 11.6 Å². The monoisotopic (exact) mass is 307 g/mol. The van der Waals surface area contributed by atoms with Crippen LogP contribution in [-0.2, 0) is 0 Å². The van der Waals surface area contributed by atoms with Gasteiger partial charge in [0.15, 0.2) is 0 Å². The van der Waals surface area contributed by atoms with E-state index in [2.05, 4.69) is 32.0 Å². The summed E-state index contributed by atoms with van der Waals surface area (Å²) >= 11 is 3.35. The van der Waals surface area contributed by atoms with Gasteiger partial charge in [-0.1, -0.05) is 12.1 Å². The summed E-state index contributed by atoms with van der Waals surface area (Å²) in [6.45, 7) is 6.07. The van der Waals surface area contributed by atoms with E-state index in [1.54, 1.807) is 6.20 Å². The van der Waals surface area contributed by atoms with Crippen LogP contribution < -0.4 is 10.5 Å². The van der Waals surface area contributed by atoms with Crippen molar-refractivity contribution in [2.45, 2.75) is 20.8 Å². The molecule has 0 saturated heterocycles. The van der Waals surface area contributed by atoms with Gasteiger partial charge >= 0.3 is 0 Å². The van der Waals surface area contributed by atoms with Crippen LogP contribution >= 0.6 is 15.9 Å². The van der Waals surface area contributed by atoms with Crippen molar-refractivity contribution in [3.63, 3.8) is 0 Å². The molecule has 94 valence electrons. The molecular weight excluding hydrogens is 294 g/mol. The number of hydrogen-bond acceptors (Lipinski definition) is 4. The van der Waals surface area contributed by atoms with Gasteiger partial charge in [-0.05, 0) is 53.4 Å². The lowest BCUT2D eigenvalue weighted by atomic mass is 10.1. The lowest BCUT2D eigenvalue weighted by molar-refractivity contribution is 0.452. The van der Waals surface area contributed by atoms with Crippen LogP contribution in [0.3, 0.4) is 0 Å². The highest BCUT2D eigenvalue weighted by Crippen LogP contribution is 2.33. The van der Waals surface area contributed by atoms with Crippen LogP contribution in [0, 0.1) is 20.8 Å². The lowest BCUT2D eigenvalue weighted by Crippen LogP contribution is -2.00. The average Bonchev–Trinajstić information content (AvgIpc) is 2.34. The Kier molecular flexibility index (Phi) is 3.52. The zero-order chi connectivity index (χ0) is 13.3. The molecule has 1 heterocycles. The first kappa shape index (κ1) is 12.8. The van der Waals surface area contributed by atoms with E-state index in [9.17, 15) is 0 Å². The van der Waals surface area contributed by atoms with E-state index in [4.69, 9.17) is 10.5 Å². The third kappa shape index (κ3) is 2.46. The normalized spacial score (nSPS) is 10.4. The summed E-state index contributed by atoms with van der Waals surface area (Å²) < 4.78 is 6.53. The second-order valence-corrected chi connectivity index (χ2v) is 4.99. The molecule has 18 heavy (non-hydrogen) atoms. The molecule has 5 heteroatoms. The number of nitrogen functional groups attached to an aromatic ring is 1. The molecule has 0 spiro atoms. The van der Waals surface area contributed by atoms with Crippen molar-refractivity contribution in [2.75, 3.05) is 5.73 Å². The Morgan fingerprint density at radius 1 is 1.17 bits per heavy atom. The predicted octanol–water partition coefficient (Wildman–Crippen LogP) is 3.54. The van der Waals surface area contributed by atoms with E-state index >= 15 is 0 Å². The minimum absolute atomic E-state index is 0.191. The Morgan fingerprint density at radius 3 is 2.56 bits per heavy atom. The number of nitrogens with zero attached hydrogens (tertiary/aromatic N) is 2. The molecule has 0 atom stereocenters. The molecular formula is C13H14BrN3O. The van der Waals surface area contributed by atoms with E-state index in [0.29, 0.717) is 10.4 Å². The Balaban J connectivity index is 2.46. The maximum Gasteiger partial charge on any atom is 0.238 e. The van der Waals surface area contributed by atoms with Crippen molar-refractivity contribution in [3.8, 4) is 11.6 Å². The molecule has 0 aliphatic heterocycles. The standard InChI is InChI=1S/C13H14BrN3O/c1-7-4-5-8(2)11(9(7)3)18-12-10(14)6-16-13(15)17-12/h4-6H,1-3H3,(H2,15,16,17). The zero-order valence-electron chi connectivity index (χ0n) is 10.5. The first-order chi connectivity index (χ1) is 8.49. The van der Waals surface area contributed by atoms with E-state index < -0.39 is 0 Å². The largest absolute Gasteiger partial charge is 0.437 e. The van der Waals surface area contributed by atoms with Crippen LogP contribution in [0.15, 0.2) is 22.8 Å². The van der Waals surface area contributed by atoms with Crippen LogP contribution in [0.1, 0.15) is 16.7 Å². The van der Waals surface area contributed by atoms with Crippen LogP contribution in [0.25, 0.3) is 0 Å². The van der Waals surface area contributed by atoms with Gasteiger partial charge in [-0.25, -0.2) is 4.98 Å². The van der Waals surface area contributed by atoms with E-state index in [1.165, 1.54) is 5.56 Å². The molecule has 1 aromatic heterocycles. The molecule has 0 unspecified atom stereocenters. The van der Waals surface area contributed by atoms with Crippen molar-refractivity contribution in [2.24, 2.45) is 0 Å². The minimum atomic E-state index is 0.191. The van der Waals surface area contributed by atoms with Gasteiger partial charge in [-0.2, -0.15) is 4.98 Å². The second kappa shape index (κ2) is 4.94. The quantitative estimate of drug-likeness (QED) is 0.922. The van der Waals surface area contributed by atoms with Crippen LogP contribution in [0.2, 0.25) is 0 Å². The average molecular weight is 308 g/mol. The molecule has 0 aliphatic carbocycles. The SMILES string of the molecule is Cc1ccc(C)c(Oc2nc(N)ncc2Br)c1C. The van der Waals surface area contributed by atoms with Crippen molar-refractivity contribution in [1.29, 1.82) is 0 Å². The smallest absolute Gasteiger partial charge is 0.238 e. The Bertz CT molecular complexity index is 599. The summed E-state index contributed by atoms with van der Waals surface area (Å²) in [7, 11) is 0. The van der Waals surface area contributed by atoms with E-state index in [0.717, 1.165) is 16.9 Å². The first-order valence-corrected chi connectivity index (χ1v) is 6.31. The Morgan fingerprint density at radius 2 is 1.83 bits per heavy atom. The topological polar surface area (TPSA) is 61.0 Å². The number of hydrogen-bond donors (Lipinski definition) is 1. The number of rotatable bonds is 2. The first-order valence-electron chi connectivity index (χ1n) is 5.51. The van der Waals surface area contributed by atoms with Crippen LogP contribution in [-0.4, -0.2) is 9.97 Å². The van der Waals surface area contributed by atoms with Gasteiger partial charge in [-0.15, -0.1) is 0 Å². The highest BCUT2D eigenvalue weighted by Gasteiger charge is 2.11. The van der Waals surface area contributed by atoms with Crippen molar-refractivity contribution >= 4 is 21.9 Å². The second-order valence-electron chi connectivity index (χ2n) is 4.14. The summed E-state index contributed by atoms with van der Waals surface area (Å²) in [5.41, 5.74) is 8.89. The third-order valence-corrected chi connectivity index (χ3v) is 3.35. The molecule has 0 fully saturated rings. The number of aromatic nitrogens is 2. The van der Waals surface area contributed by atoms with E-state index in [1.807, 2.05) is 26.8 Å². The molecule has 2 aromatic rings. The number of anilines is 1. The van der Waals surface area contributed by atoms with Crippen molar-refractivity contribution in [1.82, 2.24) is 9.97 Å². The van der Waals surface area contributed by atoms with E-state index in [-0.39, 0.29) is 5.95 Å². The summed E-state index contributed by atoms with van der Waals surface area (Å²) in [5, 5.41) is 0. The van der Waals surface area contributed by atoms with Crippen LogP contribution in [0.4, 0.5) is 5.95 Å². The molecule has 0 bridgehead atoms. The fourth-order valence-electron chi connectivity index (χ4n) is 1.62. The molecule has 0 amide bonds. The summed E-state index contributed by atoms with van der Waals surface area (Å²) in [5.74, 6) is 1.43. The molecule has 0 saturated carbocycles. The van der Waals surface area contributed by atoms with Crippen molar-refractivity contribution < 1.29 is 4.74 Å². The summed E-state index contributed by atoms with van der Waals surface area (Å²) in [6.07, 6.45) is 1.58. The number of ether oxygens (including phenoxy) is 1. The van der Waals surface area contributed by atoms with Gasteiger partial charge < -0.3 is 10.5 Å². The molecule has 0 radical (unpaired) electrons. The molecule has 4 nitrogen and oxygen atoms in total.